The fraction of sp³-hybridized carbons (Fsp3) is 0.462. The molecule has 0 aromatic carbocycles. The molecule has 0 aliphatic heterocycles. The number of hydrogen-bond acceptors (Lipinski definition) is 3. The summed E-state index contributed by atoms with van der Waals surface area (Å²) >= 11 is 3.35. The molecule has 0 spiro atoms. The Kier molecular flexibility index (Phi) is 3.40. The summed E-state index contributed by atoms with van der Waals surface area (Å²) in [5.74, 6) is 0.696. The minimum Gasteiger partial charge on any atom is -0.309 e. The van der Waals surface area contributed by atoms with Gasteiger partial charge in [0.1, 0.15) is 11.2 Å². The Morgan fingerprint density at radius 1 is 1.67 bits per heavy atom. The standard InChI is InChI=1S/C13H14BrN3O/c1-8-4-13(5-8,7-15)12(18)17-11-3-9(2)10(14)6-16-11/h3,6,8H,4-5H2,1-2H3,(H,16,17,18). The topological polar surface area (TPSA) is 65.8 Å². The molecular weight excluding hydrogens is 294 g/mol. The van der Waals surface area contributed by atoms with Crippen LogP contribution in [0.25, 0.3) is 0 Å². The fourth-order valence-electron chi connectivity index (χ4n) is 2.30. The van der Waals surface area contributed by atoms with Crippen molar-refractivity contribution >= 4 is 27.7 Å². The number of carbonyl (C=O) groups is 1. The van der Waals surface area contributed by atoms with Gasteiger partial charge in [-0.3, -0.25) is 4.79 Å². The number of carbonyl (C=O) groups excluding carboxylic acids is 1. The van der Waals surface area contributed by atoms with E-state index >= 15 is 0 Å². The Hall–Kier alpha value is -1.41. The van der Waals surface area contributed by atoms with Crippen LogP contribution in [0.2, 0.25) is 0 Å². The van der Waals surface area contributed by atoms with Crippen molar-refractivity contribution in [1.29, 1.82) is 5.26 Å². The van der Waals surface area contributed by atoms with E-state index in [1.54, 1.807) is 12.3 Å². The quantitative estimate of drug-likeness (QED) is 0.913. The molecule has 0 bridgehead atoms. The van der Waals surface area contributed by atoms with Gasteiger partial charge < -0.3 is 5.32 Å². The third-order valence-corrected chi connectivity index (χ3v) is 4.16. The number of nitrogens with one attached hydrogen (secondary N) is 1. The molecule has 94 valence electrons. The SMILES string of the molecule is Cc1cc(NC(=O)C2(C#N)CC(C)C2)ncc1Br. The Morgan fingerprint density at radius 3 is 2.83 bits per heavy atom. The number of pyridine rings is 1. The zero-order valence-electron chi connectivity index (χ0n) is 10.3. The van der Waals surface area contributed by atoms with Gasteiger partial charge in [0.05, 0.1) is 6.07 Å². The Balaban J connectivity index is 2.12. The average molecular weight is 308 g/mol. The molecule has 1 aliphatic carbocycles. The summed E-state index contributed by atoms with van der Waals surface area (Å²) in [5.41, 5.74) is 0.135. The normalized spacial score (nSPS) is 26.0. The minimum atomic E-state index is -0.859. The van der Waals surface area contributed by atoms with E-state index in [-0.39, 0.29) is 5.91 Å². The van der Waals surface area contributed by atoms with E-state index in [1.165, 1.54) is 0 Å². The van der Waals surface area contributed by atoms with Crippen LogP contribution >= 0.6 is 15.9 Å². The van der Waals surface area contributed by atoms with Gasteiger partial charge in [-0.1, -0.05) is 6.92 Å². The number of hydrogen-bond donors (Lipinski definition) is 1. The second-order valence-corrected chi connectivity index (χ2v) is 5.83. The van der Waals surface area contributed by atoms with Gasteiger partial charge >= 0.3 is 0 Å². The van der Waals surface area contributed by atoms with Crippen LogP contribution in [-0.4, -0.2) is 10.9 Å². The predicted molar refractivity (Wildman–Crippen MR) is 71.7 cm³/mol. The van der Waals surface area contributed by atoms with Gasteiger partial charge in [-0.2, -0.15) is 5.26 Å². The number of aryl methyl sites for hydroxylation is 1. The third kappa shape index (κ3) is 2.25. The Bertz CT molecular complexity index is 530. The first-order valence-corrected chi connectivity index (χ1v) is 6.61. The molecule has 0 unspecified atom stereocenters. The molecule has 1 aromatic heterocycles. The molecule has 5 heteroatoms. The highest BCUT2D eigenvalue weighted by Crippen LogP contribution is 2.45. The molecule has 1 aliphatic rings. The van der Waals surface area contributed by atoms with Crippen LogP contribution in [0.5, 0.6) is 0 Å². The molecule has 1 fully saturated rings. The maximum absolute atomic E-state index is 12.1. The van der Waals surface area contributed by atoms with Crippen LogP contribution in [0.15, 0.2) is 16.7 Å². The van der Waals surface area contributed by atoms with Crippen LogP contribution < -0.4 is 5.32 Å². The van der Waals surface area contributed by atoms with Crippen molar-refractivity contribution in [2.24, 2.45) is 11.3 Å². The molecule has 1 heterocycles. The number of aromatic nitrogens is 1. The van der Waals surface area contributed by atoms with Crippen molar-refractivity contribution in [3.8, 4) is 6.07 Å². The predicted octanol–water partition coefficient (Wildman–Crippen LogP) is 3.03. The summed E-state index contributed by atoms with van der Waals surface area (Å²) in [6, 6.07) is 3.93. The molecule has 18 heavy (non-hydrogen) atoms. The second-order valence-electron chi connectivity index (χ2n) is 4.98. The molecule has 1 N–H and O–H groups in total. The molecule has 0 radical (unpaired) electrons. The van der Waals surface area contributed by atoms with Crippen molar-refractivity contribution in [2.75, 3.05) is 5.32 Å². The molecular formula is C13H14BrN3O. The van der Waals surface area contributed by atoms with Crippen LogP contribution in [0.1, 0.15) is 25.3 Å². The summed E-state index contributed by atoms with van der Waals surface area (Å²) < 4.78 is 0.896. The van der Waals surface area contributed by atoms with E-state index in [9.17, 15) is 4.79 Å². The maximum atomic E-state index is 12.1. The molecule has 0 saturated heterocycles. The van der Waals surface area contributed by atoms with Crippen LogP contribution in [0, 0.1) is 29.6 Å². The monoisotopic (exact) mass is 307 g/mol. The summed E-state index contributed by atoms with van der Waals surface area (Å²) in [5, 5.41) is 11.9. The molecule has 1 aromatic rings. The van der Waals surface area contributed by atoms with Gasteiger partial charge in [0, 0.05) is 10.7 Å². The van der Waals surface area contributed by atoms with Gasteiger partial charge in [-0.25, -0.2) is 4.98 Å². The highest BCUT2D eigenvalue weighted by molar-refractivity contribution is 9.10. The second kappa shape index (κ2) is 4.69. The first-order chi connectivity index (χ1) is 8.47. The Labute approximate surface area is 115 Å². The number of amides is 1. The van der Waals surface area contributed by atoms with Crippen molar-refractivity contribution in [2.45, 2.75) is 26.7 Å². The van der Waals surface area contributed by atoms with Gasteiger partial charge in [0.2, 0.25) is 5.91 Å². The first kappa shape index (κ1) is 13.0. The number of nitriles is 1. The lowest BCUT2D eigenvalue weighted by Gasteiger charge is -2.39. The van der Waals surface area contributed by atoms with E-state index in [0.29, 0.717) is 24.6 Å². The van der Waals surface area contributed by atoms with Crippen molar-refractivity contribution < 1.29 is 4.79 Å². The molecule has 4 nitrogen and oxygen atoms in total. The van der Waals surface area contributed by atoms with Crippen LogP contribution in [0.4, 0.5) is 5.82 Å². The maximum Gasteiger partial charge on any atom is 0.246 e. The van der Waals surface area contributed by atoms with Gasteiger partial charge in [0.25, 0.3) is 0 Å². The van der Waals surface area contributed by atoms with Gasteiger partial charge in [0.15, 0.2) is 0 Å². The molecule has 2 rings (SSSR count). The zero-order chi connectivity index (χ0) is 13.3. The van der Waals surface area contributed by atoms with Crippen molar-refractivity contribution in [3.63, 3.8) is 0 Å². The largest absolute Gasteiger partial charge is 0.309 e. The third-order valence-electron chi connectivity index (χ3n) is 3.33. The van der Waals surface area contributed by atoms with E-state index in [2.05, 4.69) is 32.3 Å². The zero-order valence-corrected chi connectivity index (χ0v) is 11.9. The Morgan fingerprint density at radius 2 is 2.33 bits per heavy atom. The number of nitrogens with zero attached hydrogens (tertiary/aromatic N) is 2. The smallest absolute Gasteiger partial charge is 0.246 e. The van der Waals surface area contributed by atoms with E-state index < -0.39 is 5.41 Å². The lowest BCUT2D eigenvalue weighted by molar-refractivity contribution is -0.128. The summed E-state index contributed by atoms with van der Waals surface area (Å²) in [6.45, 7) is 3.97. The first-order valence-electron chi connectivity index (χ1n) is 5.82. The lowest BCUT2D eigenvalue weighted by Crippen LogP contribution is -2.45. The van der Waals surface area contributed by atoms with E-state index in [0.717, 1.165) is 10.0 Å². The van der Waals surface area contributed by atoms with E-state index in [1.807, 2.05) is 13.8 Å². The highest BCUT2D eigenvalue weighted by Gasteiger charge is 2.49. The fourth-order valence-corrected chi connectivity index (χ4v) is 2.52. The molecule has 1 amide bonds. The van der Waals surface area contributed by atoms with Crippen molar-refractivity contribution in [3.05, 3.63) is 22.3 Å². The summed E-state index contributed by atoms with van der Waals surface area (Å²) in [7, 11) is 0. The average Bonchev–Trinajstić information content (AvgIpc) is 2.29. The van der Waals surface area contributed by atoms with Crippen LogP contribution in [0.3, 0.4) is 0 Å². The van der Waals surface area contributed by atoms with Gasteiger partial charge in [-0.05, 0) is 53.2 Å². The molecule has 1 saturated carbocycles. The number of anilines is 1. The molecule has 0 atom stereocenters. The van der Waals surface area contributed by atoms with Gasteiger partial charge in [-0.15, -0.1) is 0 Å². The van der Waals surface area contributed by atoms with Crippen molar-refractivity contribution in [1.82, 2.24) is 4.98 Å². The highest BCUT2D eigenvalue weighted by atomic mass is 79.9. The number of rotatable bonds is 2. The number of halogens is 1. The lowest BCUT2D eigenvalue weighted by atomic mass is 9.63. The minimum absolute atomic E-state index is 0.239. The summed E-state index contributed by atoms with van der Waals surface area (Å²) in [4.78, 5) is 16.2. The van der Waals surface area contributed by atoms with Crippen LogP contribution in [-0.2, 0) is 4.79 Å². The van der Waals surface area contributed by atoms with E-state index in [4.69, 9.17) is 5.26 Å². The summed E-state index contributed by atoms with van der Waals surface area (Å²) in [6.07, 6.45) is 2.91.